The second kappa shape index (κ2) is 8.29. The summed E-state index contributed by atoms with van der Waals surface area (Å²) in [7, 11) is 1.70. The molecule has 3 heterocycles. The lowest BCUT2D eigenvalue weighted by Gasteiger charge is -2.33. The summed E-state index contributed by atoms with van der Waals surface area (Å²) in [6.45, 7) is 6.43. The number of carbonyl (C=O) groups is 1. The number of hydrogen-bond donors (Lipinski definition) is 1. The van der Waals surface area contributed by atoms with Crippen molar-refractivity contribution in [1.82, 2.24) is 14.8 Å². The maximum Gasteiger partial charge on any atom is 0.318 e. The number of ether oxygens (including phenoxy) is 1. The maximum atomic E-state index is 13.2. The third-order valence-corrected chi connectivity index (χ3v) is 7.25. The van der Waals surface area contributed by atoms with Gasteiger partial charge < -0.3 is 19.5 Å². The van der Waals surface area contributed by atoms with E-state index in [9.17, 15) is 4.79 Å². The zero-order chi connectivity index (χ0) is 19.7. The highest BCUT2D eigenvalue weighted by Crippen LogP contribution is 2.43. The van der Waals surface area contributed by atoms with Crippen LogP contribution < -0.4 is 5.32 Å². The molecule has 0 saturated heterocycles. The molecule has 4 rings (SSSR count). The average molecular weight is 402 g/mol. The van der Waals surface area contributed by atoms with Gasteiger partial charge >= 0.3 is 6.03 Å². The standard InChI is InChI=1S/C22H31N3O2S/c1-15(2)20-18-9-6-12-24(18)21-17(16-8-4-5-10-19(16)28-21)14-25(20)22(26)23-11-7-13-27-3/h6,9,12,15,20H,4-5,7-8,10-11,13-14H2,1-3H3,(H,23,26). The molecule has 1 unspecified atom stereocenters. The van der Waals surface area contributed by atoms with Gasteiger partial charge in [0.2, 0.25) is 0 Å². The van der Waals surface area contributed by atoms with Crippen LogP contribution >= 0.6 is 11.3 Å². The molecule has 0 spiro atoms. The molecule has 2 aromatic rings. The number of hydrogen-bond acceptors (Lipinski definition) is 3. The van der Waals surface area contributed by atoms with E-state index in [0.29, 0.717) is 25.6 Å². The molecule has 0 bridgehead atoms. The number of aromatic nitrogens is 1. The first kappa shape index (κ1) is 19.5. The molecule has 1 N–H and O–H groups in total. The molecule has 0 radical (unpaired) electrons. The van der Waals surface area contributed by atoms with Gasteiger partial charge in [0.1, 0.15) is 5.00 Å². The first-order valence-corrected chi connectivity index (χ1v) is 11.3. The first-order valence-electron chi connectivity index (χ1n) is 10.5. The summed E-state index contributed by atoms with van der Waals surface area (Å²) in [6.07, 6.45) is 7.87. The highest BCUT2D eigenvalue weighted by Gasteiger charge is 2.36. The molecule has 1 aliphatic heterocycles. The number of urea groups is 1. The Morgan fingerprint density at radius 3 is 2.93 bits per heavy atom. The number of rotatable bonds is 5. The lowest BCUT2D eigenvalue weighted by atomic mass is 9.94. The number of thiophene rings is 1. The fourth-order valence-electron chi connectivity index (χ4n) is 4.64. The van der Waals surface area contributed by atoms with Crippen LogP contribution in [0.15, 0.2) is 18.3 Å². The SMILES string of the molecule is COCCCNC(=O)N1Cc2c(sc3c2CCCC3)-n2cccc2C1C(C)C. The summed E-state index contributed by atoms with van der Waals surface area (Å²) >= 11 is 1.94. The Morgan fingerprint density at radius 2 is 2.14 bits per heavy atom. The second-order valence-electron chi connectivity index (χ2n) is 8.19. The van der Waals surface area contributed by atoms with Gasteiger partial charge in [-0.05, 0) is 55.7 Å². The number of aryl methyl sites for hydroxylation is 1. The molecule has 1 atom stereocenters. The summed E-state index contributed by atoms with van der Waals surface area (Å²) in [4.78, 5) is 16.8. The van der Waals surface area contributed by atoms with Crippen molar-refractivity contribution in [2.75, 3.05) is 20.3 Å². The lowest BCUT2D eigenvalue weighted by Crippen LogP contribution is -2.43. The normalized spacial score (nSPS) is 18.4. The Bertz CT molecular complexity index is 839. The fraction of sp³-hybridized carbons (Fsp3) is 0.591. The van der Waals surface area contributed by atoms with Crippen LogP contribution in [0.25, 0.3) is 5.00 Å². The molecular formula is C22H31N3O2S. The van der Waals surface area contributed by atoms with Crippen LogP contribution in [0.2, 0.25) is 0 Å². The van der Waals surface area contributed by atoms with E-state index in [2.05, 4.69) is 47.0 Å². The van der Waals surface area contributed by atoms with Crippen molar-refractivity contribution >= 4 is 17.4 Å². The van der Waals surface area contributed by atoms with Crippen molar-refractivity contribution in [3.05, 3.63) is 40.0 Å². The monoisotopic (exact) mass is 401 g/mol. The number of nitrogens with one attached hydrogen (secondary N) is 1. The van der Waals surface area contributed by atoms with Gasteiger partial charge in [0.15, 0.2) is 0 Å². The van der Waals surface area contributed by atoms with Crippen LogP contribution in [0.4, 0.5) is 4.79 Å². The van der Waals surface area contributed by atoms with E-state index in [0.717, 1.165) is 12.8 Å². The van der Waals surface area contributed by atoms with E-state index in [4.69, 9.17) is 4.74 Å². The molecule has 2 aromatic heterocycles. The molecule has 0 saturated carbocycles. The smallest absolute Gasteiger partial charge is 0.318 e. The summed E-state index contributed by atoms with van der Waals surface area (Å²) in [5, 5.41) is 4.45. The number of methoxy groups -OCH3 is 1. The van der Waals surface area contributed by atoms with Crippen molar-refractivity contribution in [1.29, 1.82) is 0 Å². The lowest BCUT2D eigenvalue weighted by molar-refractivity contribution is 0.147. The Hall–Kier alpha value is -1.79. The van der Waals surface area contributed by atoms with E-state index in [1.807, 2.05) is 11.3 Å². The largest absolute Gasteiger partial charge is 0.385 e. The van der Waals surface area contributed by atoms with Crippen molar-refractivity contribution < 1.29 is 9.53 Å². The third kappa shape index (κ3) is 3.48. The van der Waals surface area contributed by atoms with Crippen LogP contribution in [-0.2, 0) is 24.1 Å². The average Bonchev–Trinajstić information content (AvgIpc) is 3.26. The van der Waals surface area contributed by atoms with Crippen molar-refractivity contribution in [2.45, 2.75) is 58.5 Å². The molecule has 2 aliphatic rings. The van der Waals surface area contributed by atoms with Crippen LogP contribution in [0.1, 0.15) is 60.8 Å². The number of fused-ring (bicyclic) bond motifs is 5. The molecule has 28 heavy (non-hydrogen) atoms. The molecule has 5 nitrogen and oxygen atoms in total. The highest BCUT2D eigenvalue weighted by atomic mass is 32.1. The van der Waals surface area contributed by atoms with Crippen LogP contribution in [-0.4, -0.2) is 35.8 Å². The quantitative estimate of drug-likeness (QED) is 0.740. The Morgan fingerprint density at radius 1 is 1.32 bits per heavy atom. The molecular weight excluding hydrogens is 370 g/mol. The zero-order valence-corrected chi connectivity index (χ0v) is 18.0. The predicted octanol–water partition coefficient (Wildman–Crippen LogP) is 4.68. The van der Waals surface area contributed by atoms with Crippen molar-refractivity contribution in [2.24, 2.45) is 5.92 Å². The minimum absolute atomic E-state index is 0.0335. The summed E-state index contributed by atoms with van der Waals surface area (Å²) in [6, 6.07) is 4.40. The number of carbonyl (C=O) groups excluding carboxylic acids is 1. The summed E-state index contributed by atoms with van der Waals surface area (Å²) < 4.78 is 7.46. The van der Waals surface area contributed by atoms with E-state index in [1.54, 1.807) is 7.11 Å². The molecule has 6 heteroatoms. The Labute approximate surface area is 171 Å². The van der Waals surface area contributed by atoms with Gasteiger partial charge in [-0.15, -0.1) is 11.3 Å². The van der Waals surface area contributed by atoms with Gasteiger partial charge in [0.25, 0.3) is 0 Å². The third-order valence-electron chi connectivity index (χ3n) is 5.92. The minimum atomic E-state index is 0.0335. The predicted molar refractivity (Wildman–Crippen MR) is 113 cm³/mol. The van der Waals surface area contributed by atoms with E-state index < -0.39 is 0 Å². The molecule has 152 valence electrons. The second-order valence-corrected chi connectivity index (χ2v) is 9.28. The van der Waals surface area contributed by atoms with Crippen molar-refractivity contribution in [3.8, 4) is 5.00 Å². The fourth-order valence-corrected chi connectivity index (χ4v) is 6.04. The summed E-state index contributed by atoms with van der Waals surface area (Å²) in [5.74, 6) is 0.336. The van der Waals surface area contributed by atoms with Gasteiger partial charge in [-0.2, -0.15) is 0 Å². The van der Waals surface area contributed by atoms with Gasteiger partial charge in [0.05, 0.1) is 12.6 Å². The molecule has 1 aliphatic carbocycles. The van der Waals surface area contributed by atoms with Gasteiger partial charge in [-0.1, -0.05) is 13.8 Å². The maximum absolute atomic E-state index is 13.2. The Kier molecular flexibility index (Phi) is 5.78. The topological polar surface area (TPSA) is 46.5 Å². The van der Waals surface area contributed by atoms with Crippen LogP contribution in [0.3, 0.4) is 0 Å². The molecule has 0 fully saturated rings. The number of nitrogens with zero attached hydrogens (tertiary/aromatic N) is 2. The van der Waals surface area contributed by atoms with Gasteiger partial charge in [0, 0.05) is 42.6 Å². The summed E-state index contributed by atoms with van der Waals surface area (Å²) in [5.41, 5.74) is 4.10. The van der Waals surface area contributed by atoms with Crippen molar-refractivity contribution in [3.63, 3.8) is 0 Å². The van der Waals surface area contributed by atoms with Gasteiger partial charge in [-0.3, -0.25) is 0 Å². The van der Waals surface area contributed by atoms with E-state index in [1.165, 1.54) is 46.0 Å². The Balaban J connectivity index is 1.72. The van der Waals surface area contributed by atoms with E-state index >= 15 is 0 Å². The van der Waals surface area contributed by atoms with E-state index in [-0.39, 0.29) is 12.1 Å². The number of amides is 2. The molecule has 0 aromatic carbocycles. The zero-order valence-electron chi connectivity index (χ0n) is 17.2. The van der Waals surface area contributed by atoms with Crippen LogP contribution in [0.5, 0.6) is 0 Å². The van der Waals surface area contributed by atoms with Gasteiger partial charge in [-0.25, -0.2) is 4.79 Å². The van der Waals surface area contributed by atoms with Crippen LogP contribution in [0, 0.1) is 5.92 Å². The first-order chi connectivity index (χ1) is 13.6. The molecule has 2 amide bonds. The minimum Gasteiger partial charge on any atom is -0.385 e. The highest BCUT2D eigenvalue weighted by molar-refractivity contribution is 7.15.